The van der Waals surface area contributed by atoms with Crippen molar-refractivity contribution in [2.45, 2.75) is 33.8 Å². The first-order valence-corrected chi connectivity index (χ1v) is 7.21. The Balaban J connectivity index is 2.52. The Labute approximate surface area is 123 Å². The van der Waals surface area contributed by atoms with E-state index in [1.165, 1.54) is 11.1 Å². The van der Waals surface area contributed by atoms with Gasteiger partial charge in [0.05, 0.1) is 0 Å². The number of aliphatic hydroxyl groups excluding tert-OH is 1. The summed E-state index contributed by atoms with van der Waals surface area (Å²) in [5.41, 5.74) is 6.66. The molecule has 2 heteroatoms. The molecule has 1 nitrogen and oxygen atoms in total. The molecule has 19 heavy (non-hydrogen) atoms. The number of rotatable bonds is 2. The van der Waals surface area contributed by atoms with E-state index in [0.29, 0.717) is 0 Å². The standard InChI is InChI=1S/C17H19BrO/c1-10-5-6-16(18)15(7-10)17(19)14-9-12(3)11(2)8-13(14)4/h5-9,17,19H,1-4H3. The van der Waals surface area contributed by atoms with Gasteiger partial charge >= 0.3 is 0 Å². The van der Waals surface area contributed by atoms with Crippen LogP contribution in [0, 0.1) is 27.7 Å². The predicted octanol–water partition coefficient (Wildman–Crippen LogP) is 4.76. The van der Waals surface area contributed by atoms with E-state index in [4.69, 9.17) is 0 Å². The number of hydrogen-bond donors (Lipinski definition) is 1. The smallest absolute Gasteiger partial charge is 0.105 e. The summed E-state index contributed by atoms with van der Waals surface area (Å²) in [7, 11) is 0. The number of halogens is 1. The summed E-state index contributed by atoms with van der Waals surface area (Å²) < 4.78 is 0.947. The van der Waals surface area contributed by atoms with Gasteiger partial charge in [0.2, 0.25) is 0 Å². The van der Waals surface area contributed by atoms with E-state index >= 15 is 0 Å². The third kappa shape index (κ3) is 2.90. The molecule has 1 atom stereocenters. The fraction of sp³-hybridized carbons (Fsp3) is 0.294. The van der Waals surface area contributed by atoms with E-state index in [0.717, 1.165) is 26.7 Å². The quantitative estimate of drug-likeness (QED) is 0.846. The summed E-state index contributed by atoms with van der Waals surface area (Å²) in [5, 5.41) is 10.7. The van der Waals surface area contributed by atoms with Gasteiger partial charge in [0.1, 0.15) is 6.10 Å². The van der Waals surface area contributed by atoms with Crippen molar-refractivity contribution >= 4 is 15.9 Å². The van der Waals surface area contributed by atoms with Crippen molar-refractivity contribution in [1.82, 2.24) is 0 Å². The van der Waals surface area contributed by atoms with Crippen molar-refractivity contribution in [2.75, 3.05) is 0 Å². The summed E-state index contributed by atoms with van der Waals surface area (Å²) in [6.07, 6.45) is -0.589. The lowest BCUT2D eigenvalue weighted by Gasteiger charge is -2.18. The highest BCUT2D eigenvalue weighted by Gasteiger charge is 2.16. The second kappa shape index (κ2) is 5.48. The summed E-state index contributed by atoms with van der Waals surface area (Å²) in [4.78, 5) is 0. The maximum atomic E-state index is 10.7. The van der Waals surface area contributed by atoms with Crippen LogP contribution in [0.5, 0.6) is 0 Å². The molecule has 2 rings (SSSR count). The molecule has 0 bridgehead atoms. The largest absolute Gasteiger partial charge is 0.384 e. The van der Waals surface area contributed by atoms with Crippen molar-refractivity contribution in [3.8, 4) is 0 Å². The van der Waals surface area contributed by atoms with Crippen LogP contribution in [0.2, 0.25) is 0 Å². The van der Waals surface area contributed by atoms with Crippen LogP contribution in [-0.2, 0) is 0 Å². The van der Waals surface area contributed by atoms with Crippen LogP contribution in [0.4, 0.5) is 0 Å². The zero-order valence-corrected chi connectivity index (χ0v) is 13.4. The van der Waals surface area contributed by atoms with Gasteiger partial charge in [-0.15, -0.1) is 0 Å². The molecule has 0 aliphatic rings. The second-order valence-electron chi connectivity index (χ2n) is 5.22. The second-order valence-corrected chi connectivity index (χ2v) is 6.07. The van der Waals surface area contributed by atoms with Crippen molar-refractivity contribution in [1.29, 1.82) is 0 Å². The van der Waals surface area contributed by atoms with E-state index in [1.807, 2.05) is 25.1 Å². The van der Waals surface area contributed by atoms with Crippen LogP contribution in [0.25, 0.3) is 0 Å². The molecule has 0 radical (unpaired) electrons. The molecule has 0 heterocycles. The van der Waals surface area contributed by atoms with Gasteiger partial charge in [0.25, 0.3) is 0 Å². The lowest BCUT2D eigenvalue weighted by molar-refractivity contribution is 0.218. The number of aryl methyl sites for hydroxylation is 4. The zero-order valence-electron chi connectivity index (χ0n) is 11.8. The molecule has 0 aliphatic carbocycles. The molecular weight excluding hydrogens is 300 g/mol. The van der Waals surface area contributed by atoms with Crippen LogP contribution < -0.4 is 0 Å². The van der Waals surface area contributed by atoms with Gasteiger partial charge in [0, 0.05) is 4.47 Å². The lowest BCUT2D eigenvalue weighted by atomic mass is 9.93. The van der Waals surface area contributed by atoms with Gasteiger partial charge in [-0.25, -0.2) is 0 Å². The lowest BCUT2D eigenvalue weighted by Crippen LogP contribution is -2.04. The van der Waals surface area contributed by atoms with Crippen molar-refractivity contribution in [3.05, 3.63) is 68.2 Å². The summed E-state index contributed by atoms with van der Waals surface area (Å²) in [6, 6.07) is 10.3. The molecule has 1 unspecified atom stereocenters. The monoisotopic (exact) mass is 318 g/mol. The predicted molar refractivity (Wildman–Crippen MR) is 83.6 cm³/mol. The molecule has 0 fully saturated rings. The Kier molecular flexibility index (Phi) is 4.12. The fourth-order valence-corrected chi connectivity index (χ4v) is 2.78. The molecule has 0 spiro atoms. The van der Waals surface area contributed by atoms with Crippen LogP contribution in [0.3, 0.4) is 0 Å². The molecular formula is C17H19BrO. The molecule has 0 saturated carbocycles. The summed E-state index contributed by atoms with van der Waals surface area (Å²) in [5.74, 6) is 0. The Morgan fingerprint density at radius 3 is 2.16 bits per heavy atom. The highest BCUT2D eigenvalue weighted by molar-refractivity contribution is 9.10. The van der Waals surface area contributed by atoms with Crippen LogP contribution in [0.15, 0.2) is 34.8 Å². The molecule has 2 aromatic rings. The first-order valence-electron chi connectivity index (χ1n) is 6.42. The van der Waals surface area contributed by atoms with Gasteiger partial charge < -0.3 is 5.11 Å². The maximum absolute atomic E-state index is 10.7. The Morgan fingerprint density at radius 2 is 1.47 bits per heavy atom. The van der Waals surface area contributed by atoms with Gasteiger partial charge in [0.15, 0.2) is 0 Å². The number of benzene rings is 2. The minimum Gasteiger partial charge on any atom is -0.384 e. The van der Waals surface area contributed by atoms with Gasteiger partial charge in [-0.3, -0.25) is 0 Å². The summed E-state index contributed by atoms with van der Waals surface area (Å²) >= 11 is 3.53. The fourth-order valence-electron chi connectivity index (χ4n) is 2.32. The minimum atomic E-state index is -0.589. The number of hydrogen-bond acceptors (Lipinski definition) is 1. The first-order chi connectivity index (χ1) is 8.90. The van der Waals surface area contributed by atoms with Crippen LogP contribution in [-0.4, -0.2) is 5.11 Å². The number of aliphatic hydroxyl groups is 1. The minimum absolute atomic E-state index is 0.589. The van der Waals surface area contributed by atoms with Gasteiger partial charge in [-0.2, -0.15) is 0 Å². The van der Waals surface area contributed by atoms with Crippen molar-refractivity contribution in [2.24, 2.45) is 0 Å². The average Bonchev–Trinajstić information content (AvgIpc) is 2.36. The van der Waals surface area contributed by atoms with E-state index in [1.54, 1.807) is 0 Å². The van der Waals surface area contributed by atoms with E-state index in [-0.39, 0.29) is 0 Å². The first kappa shape index (κ1) is 14.3. The maximum Gasteiger partial charge on any atom is 0.105 e. The molecule has 1 N–H and O–H groups in total. The van der Waals surface area contributed by atoms with Gasteiger partial charge in [-0.05, 0) is 61.6 Å². The summed E-state index contributed by atoms with van der Waals surface area (Å²) in [6.45, 7) is 8.27. The molecule has 2 aromatic carbocycles. The van der Waals surface area contributed by atoms with Crippen molar-refractivity contribution in [3.63, 3.8) is 0 Å². The average molecular weight is 319 g/mol. The zero-order chi connectivity index (χ0) is 14.2. The van der Waals surface area contributed by atoms with E-state index in [2.05, 4.69) is 48.8 Å². The SMILES string of the molecule is Cc1ccc(Br)c(C(O)c2cc(C)c(C)cc2C)c1. The highest BCUT2D eigenvalue weighted by Crippen LogP contribution is 2.32. The highest BCUT2D eigenvalue weighted by atomic mass is 79.9. The molecule has 0 saturated heterocycles. The Bertz CT molecular complexity index is 617. The third-order valence-electron chi connectivity index (χ3n) is 3.62. The van der Waals surface area contributed by atoms with E-state index in [9.17, 15) is 5.11 Å². The third-order valence-corrected chi connectivity index (χ3v) is 4.35. The Hall–Kier alpha value is -1.12. The molecule has 100 valence electrons. The van der Waals surface area contributed by atoms with Crippen LogP contribution in [0.1, 0.15) is 39.5 Å². The normalized spacial score (nSPS) is 12.5. The van der Waals surface area contributed by atoms with Crippen LogP contribution >= 0.6 is 15.9 Å². The van der Waals surface area contributed by atoms with Gasteiger partial charge in [-0.1, -0.05) is 45.8 Å². The molecule has 0 aromatic heterocycles. The van der Waals surface area contributed by atoms with Crippen molar-refractivity contribution < 1.29 is 5.11 Å². The molecule has 0 aliphatic heterocycles. The van der Waals surface area contributed by atoms with E-state index < -0.39 is 6.10 Å². The molecule has 0 amide bonds. The topological polar surface area (TPSA) is 20.2 Å². The Morgan fingerprint density at radius 1 is 0.842 bits per heavy atom.